The van der Waals surface area contributed by atoms with Gasteiger partial charge >= 0.3 is 12.1 Å². The summed E-state index contributed by atoms with van der Waals surface area (Å²) in [7, 11) is 1.47. The fourth-order valence-electron chi connectivity index (χ4n) is 4.13. The predicted molar refractivity (Wildman–Crippen MR) is 149 cm³/mol. The first kappa shape index (κ1) is 29.9. The summed E-state index contributed by atoms with van der Waals surface area (Å²) in [5.41, 5.74) is -2.08. The van der Waals surface area contributed by atoms with Crippen molar-refractivity contribution in [1.29, 1.82) is 0 Å². The number of esters is 1. The van der Waals surface area contributed by atoms with Crippen LogP contribution in [0.25, 0.3) is 6.08 Å². The van der Waals surface area contributed by atoms with E-state index in [0.717, 1.165) is 15.9 Å². The molecule has 40 heavy (non-hydrogen) atoms. The summed E-state index contributed by atoms with van der Waals surface area (Å²) < 4.78 is 60.7. The Hall–Kier alpha value is -3.09. The number of allylic oxidation sites excluding steroid dienone is 1. The van der Waals surface area contributed by atoms with Gasteiger partial charge in [-0.15, -0.1) is 0 Å². The van der Waals surface area contributed by atoms with Crippen molar-refractivity contribution >= 4 is 50.9 Å². The van der Waals surface area contributed by atoms with E-state index in [4.69, 9.17) is 25.8 Å². The van der Waals surface area contributed by atoms with Gasteiger partial charge < -0.3 is 14.2 Å². The zero-order valence-corrected chi connectivity index (χ0v) is 24.8. The molecule has 0 aliphatic carbocycles. The van der Waals surface area contributed by atoms with Crippen molar-refractivity contribution in [3.8, 4) is 11.5 Å². The van der Waals surface area contributed by atoms with Crippen LogP contribution in [0.4, 0.5) is 13.2 Å². The van der Waals surface area contributed by atoms with Crippen molar-refractivity contribution in [3.05, 3.63) is 88.0 Å². The number of benzene rings is 2. The van der Waals surface area contributed by atoms with Crippen LogP contribution in [0.1, 0.15) is 37.9 Å². The summed E-state index contributed by atoms with van der Waals surface area (Å²) in [6.45, 7) is 5.02. The van der Waals surface area contributed by atoms with Gasteiger partial charge in [-0.25, -0.2) is 9.79 Å². The van der Waals surface area contributed by atoms with E-state index < -0.39 is 35.0 Å². The fourth-order valence-corrected chi connectivity index (χ4v) is 5.81. The molecular formula is C27H23BrClF3N2O5S. The van der Waals surface area contributed by atoms with Crippen molar-refractivity contribution in [1.82, 2.24) is 4.57 Å². The van der Waals surface area contributed by atoms with E-state index in [1.165, 1.54) is 44.4 Å². The SMILES string of the molecule is CCOC(=O)C1=C(C(F)(F)F)N=c2s/c(=C\c3cc(Br)c(OC(C)C)c(OC)c3)c(=O)n2[C@@H]1c1ccc(Cl)cc1. The number of hydrogen-bond acceptors (Lipinski definition) is 7. The first-order valence-corrected chi connectivity index (χ1v) is 13.9. The molecule has 0 spiro atoms. The lowest BCUT2D eigenvalue weighted by Crippen LogP contribution is -2.41. The zero-order valence-electron chi connectivity index (χ0n) is 21.6. The van der Waals surface area contributed by atoms with E-state index in [1.807, 2.05) is 13.8 Å². The van der Waals surface area contributed by atoms with Crippen molar-refractivity contribution in [2.45, 2.75) is 39.1 Å². The fraction of sp³-hybridized carbons (Fsp3) is 0.296. The molecule has 1 atom stereocenters. The largest absolute Gasteiger partial charge is 0.493 e. The smallest absolute Gasteiger partial charge is 0.434 e. The maximum absolute atomic E-state index is 14.2. The summed E-state index contributed by atoms with van der Waals surface area (Å²) in [5, 5.41) is 0.332. The standard InChI is InChI=1S/C27H23BrClF3N2O5S/c1-5-38-25(36)20-21(15-6-8-16(29)9-7-15)34-24(35)19(40-26(34)33-23(20)27(30,31)32)12-14-10-17(28)22(39-13(2)3)18(11-14)37-4/h6-13,21H,5H2,1-4H3/b19-12-/t21-/m1/s1. The summed E-state index contributed by atoms with van der Waals surface area (Å²) in [4.78, 5) is 30.2. The van der Waals surface area contributed by atoms with Gasteiger partial charge in [0.1, 0.15) is 0 Å². The monoisotopic (exact) mass is 658 g/mol. The number of hydrogen-bond donors (Lipinski definition) is 0. The van der Waals surface area contributed by atoms with Gasteiger partial charge in [0.15, 0.2) is 22.0 Å². The Balaban J connectivity index is 2.00. The lowest BCUT2D eigenvalue weighted by Gasteiger charge is -2.26. The molecule has 2 heterocycles. The van der Waals surface area contributed by atoms with E-state index in [1.54, 1.807) is 12.1 Å². The van der Waals surface area contributed by atoms with E-state index in [2.05, 4.69) is 20.9 Å². The van der Waals surface area contributed by atoms with Crippen molar-refractivity contribution in [2.75, 3.05) is 13.7 Å². The Bertz CT molecular complexity index is 1660. The van der Waals surface area contributed by atoms with Crippen molar-refractivity contribution in [2.24, 2.45) is 4.99 Å². The molecule has 0 N–H and O–H groups in total. The number of halogens is 5. The molecule has 1 aromatic heterocycles. The molecule has 7 nitrogen and oxygen atoms in total. The molecule has 212 valence electrons. The summed E-state index contributed by atoms with van der Waals surface area (Å²) >= 11 is 10.2. The molecule has 0 saturated heterocycles. The molecule has 0 radical (unpaired) electrons. The Morgan fingerprint density at radius 2 is 1.93 bits per heavy atom. The molecule has 1 aliphatic heterocycles. The Labute approximate surface area is 244 Å². The van der Waals surface area contributed by atoms with Crippen molar-refractivity contribution < 1.29 is 32.2 Å². The molecule has 0 saturated carbocycles. The second-order valence-corrected chi connectivity index (χ2v) is 11.1. The highest BCUT2D eigenvalue weighted by Gasteiger charge is 2.45. The molecule has 0 amide bonds. The highest BCUT2D eigenvalue weighted by atomic mass is 79.9. The number of methoxy groups -OCH3 is 1. The van der Waals surface area contributed by atoms with E-state index in [-0.39, 0.29) is 27.6 Å². The van der Waals surface area contributed by atoms with Gasteiger partial charge in [-0.2, -0.15) is 13.2 Å². The maximum atomic E-state index is 14.2. The Morgan fingerprint density at radius 1 is 1.25 bits per heavy atom. The second kappa shape index (κ2) is 11.8. The van der Waals surface area contributed by atoms with Crippen LogP contribution in [0.2, 0.25) is 5.02 Å². The molecule has 0 bridgehead atoms. The number of alkyl halides is 3. The van der Waals surface area contributed by atoms with Gasteiger partial charge in [0, 0.05) is 5.02 Å². The molecular weight excluding hydrogens is 637 g/mol. The van der Waals surface area contributed by atoms with E-state index in [0.29, 0.717) is 26.6 Å². The van der Waals surface area contributed by atoms with Crippen LogP contribution in [0.3, 0.4) is 0 Å². The van der Waals surface area contributed by atoms with E-state index >= 15 is 0 Å². The highest BCUT2D eigenvalue weighted by molar-refractivity contribution is 9.10. The molecule has 4 rings (SSSR count). The number of thiazole rings is 1. The molecule has 13 heteroatoms. The quantitative estimate of drug-likeness (QED) is 0.311. The number of carbonyl (C=O) groups is 1. The maximum Gasteiger partial charge on any atom is 0.434 e. The summed E-state index contributed by atoms with van der Waals surface area (Å²) in [5.74, 6) is -0.361. The van der Waals surface area contributed by atoms with Crippen LogP contribution < -0.4 is 24.4 Å². The normalized spacial score (nSPS) is 15.7. The van der Waals surface area contributed by atoms with Gasteiger partial charge in [-0.05, 0) is 78.2 Å². The van der Waals surface area contributed by atoms with Crippen LogP contribution in [-0.4, -0.2) is 36.5 Å². The third kappa shape index (κ3) is 5.98. The third-order valence-electron chi connectivity index (χ3n) is 5.68. The first-order valence-electron chi connectivity index (χ1n) is 12.0. The van der Waals surface area contributed by atoms with Crippen LogP contribution in [0.15, 0.2) is 61.9 Å². The van der Waals surface area contributed by atoms with Crippen molar-refractivity contribution in [3.63, 3.8) is 0 Å². The minimum absolute atomic E-state index is 0.0934. The number of carbonyl (C=O) groups excluding carboxylic acids is 1. The van der Waals surface area contributed by atoms with E-state index in [9.17, 15) is 22.8 Å². The van der Waals surface area contributed by atoms with Gasteiger partial charge in [0.25, 0.3) is 5.56 Å². The highest BCUT2D eigenvalue weighted by Crippen LogP contribution is 2.39. The molecule has 0 unspecified atom stereocenters. The van der Waals surface area contributed by atoms with Gasteiger partial charge in [-0.3, -0.25) is 9.36 Å². The van der Waals surface area contributed by atoms with Gasteiger partial charge in [0.2, 0.25) is 0 Å². The molecule has 2 aromatic carbocycles. The topological polar surface area (TPSA) is 79.1 Å². The lowest BCUT2D eigenvalue weighted by molar-refractivity contribution is -0.140. The van der Waals surface area contributed by atoms with Crippen LogP contribution in [0, 0.1) is 0 Å². The summed E-state index contributed by atoms with van der Waals surface area (Å²) in [6.07, 6.45) is -3.62. The van der Waals surface area contributed by atoms with Gasteiger partial charge in [0.05, 0.1) is 40.4 Å². The predicted octanol–water partition coefficient (Wildman–Crippen LogP) is 5.55. The zero-order chi connectivity index (χ0) is 29.4. The number of aromatic nitrogens is 1. The summed E-state index contributed by atoms with van der Waals surface area (Å²) in [6, 6.07) is 7.73. The first-order chi connectivity index (χ1) is 18.8. The number of nitrogens with zero attached hydrogens (tertiary/aromatic N) is 2. The van der Waals surface area contributed by atoms with Gasteiger partial charge in [-0.1, -0.05) is 35.1 Å². The molecule has 0 fully saturated rings. The average molecular weight is 660 g/mol. The molecule has 1 aliphatic rings. The number of rotatable bonds is 7. The lowest BCUT2D eigenvalue weighted by atomic mass is 9.95. The molecule has 3 aromatic rings. The van der Waals surface area contributed by atoms with Crippen LogP contribution >= 0.6 is 38.9 Å². The Morgan fingerprint density at radius 3 is 2.50 bits per heavy atom. The second-order valence-electron chi connectivity index (χ2n) is 8.82. The average Bonchev–Trinajstić information content (AvgIpc) is 3.19. The van der Waals surface area contributed by atoms with Crippen LogP contribution in [0.5, 0.6) is 11.5 Å². The minimum atomic E-state index is -4.99. The number of ether oxygens (including phenoxy) is 3. The number of fused-ring (bicyclic) bond motifs is 1. The third-order valence-corrected chi connectivity index (χ3v) is 7.51. The Kier molecular flexibility index (Phi) is 8.81. The van der Waals surface area contributed by atoms with Crippen LogP contribution in [-0.2, 0) is 9.53 Å². The minimum Gasteiger partial charge on any atom is -0.493 e.